The Morgan fingerprint density at radius 2 is 2.18 bits per heavy atom. The highest BCUT2D eigenvalue weighted by Gasteiger charge is 2.09. The van der Waals surface area contributed by atoms with Crippen LogP contribution in [0.2, 0.25) is 0 Å². The summed E-state index contributed by atoms with van der Waals surface area (Å²) in [6.07, 6.45) is 3.40. The molecule has 2 aromatic rings. The maximum absolute atomic E-state index is 11.8. The highest BCUT2D eigenvalue weighted by molar-refractivity contribution is 6.31. The third-order valence-electron chi connectivity index (χ3n) is 2.55. The maximum atomic E-state index is 11.8. The number of aromatic nitrogens is 3. The second kappa shape index (κ2) is 4.82. The van der Waals surface area contributed by atoms with E-state index in [1.54, 1.807) is 23.1 Å². The van der Waals surface area contributed by atoms with Crippen molar-refractivity contribution in [3.8, 4) is 0 Å². The van der Waals surface area contributed by atoms with Crippen molar-refractivity contribution in [3.05, 3.63) is 41.9 Å². The lowest BCUT2D eigenvalue weighted by atomic mass is 10.0. The van der Waals surface area contributed by atoms with Crippen molar-refractivity contribution in [1.82, 2.24) is 20.1 Å². The number of hydrogen-bond donors (Lipinski definition) is 1. The van der Waals surface area contributed by atoms with Crippen molar-refractivity contribution in [2.45, 2.75) is 6.54 Å². The topological polar surface area (TPSA) is 59.8 Å². The number of rotatable bonds is 3. The fourth-order valence-corrected chi connectivity index (χ4v) is 1.45. The minimum atomic E-state index is -0.162. The van der Waals surface area contributed by atoms with Crippen LogP contribution in [0.3, 0.4) is 0 Å². The van der Waals surface area contributed by atoms with Crippen molar-refractivity contribution < 1.29 is 4.79 Å². The molecule has 0 atom stereocenters. The van der Waals surface area contributed by atoms with Gasteiger partial charge >= 0.3 is 0 Å². The van der Waals surface area contributed by atoms with Crippen LogP contribution in [0.5, 0.6) is 0 Å². The van der Waals surface area contributed by atoms with Crippen molar-refractivity contribution >= 4 is 19.3 Å². The van der Waals surface area contributed by atoms with Gasteiger partial charge in [-0.2, -0.15) is 5.10 Å². The van der Waals surface area contributed by atoms with Gasteiger partial charge in [0, 0.05) is 26.0 Å². The minimum absolute atomic E-state index is 0.162. The average molecular weight is 228 g/mol. The number of carbonyl (C=O) groups excluding carboxylic acids is 1. The third-order valence-corrected chi connectivity index (χ3v) is 2.55. The number of nitrogens with zero attached hydrogens (tertiary/aromatic N) is 3. The second-order valence-electron chi connectivity index (χ2n) is 3.83. The number of pyridine rings is 1. The zero-order chi connectivity index (χ0) is 12.3. The molecule has 6 heteroatoms. The van der Waals surface area contributed by atoms with E-state index >= 15 is 0 Å². The molecule has 2 rings (SSSR count). The quantitative estimate of drug-likeness (QED) is 0.685. The fraction of sp³-hybridized carbons (Fsp3) is 0.182. The summed E-state index contributed by atoms with van der Waals surface area (Å²) in [6, 6.07) is 5.50. The Labute approximate surface area is 100 Å². The molecule has 0 radical (unpaired) electrons. The van der Waals surface area contributed by atoms with Gasteiger partial charge in [-0.25, -0.2) is 0 Å². The van der Waals surface area contributed by atoms with Gasteiger partial charge in [0.25, 0.3) is 5.91 Å². The van der Waals surface area contributed by atoms with Gasteiger partial charge in [-0.15, -0.1) is 0 Å². The lowest BCUT2D eigenvalue weighted by Crippen LogP contribution is -2.23. The predicted octanol–water partition coefficient (Wildman–Crippen LogP) is -0.997. The predicted molar refractivity (Wildman–Crippen MR) is 66.8 cm³/mol. The van der Waals surface area contributed by atoms with Crippen molar-refractivity contribution in [2.24, 2.45) is 7.05 Å². The number of carbonyl (C=O) groups is 1. The molecule has 2 aromatic heterocycles. The van der Waals surface area contributed by atoms with Crippen molar-refractivity contribution in [1.29, 1.82) is 0 Å². The van der Waals surface area contributed by atoms with Gasteiger partial charge < -0.3 is 5.32 Å². The lowest BCUT2D eigenvalue weighted by Gasteiger charge is -2.02. The molecule has 0 spiro atoms. The van der Waals surface area contributed by atoms with E-state index in [4.69, 9.17) is 0 Å². The average Bonchev–Trinajstić information content (AvgIpc) is 2.68. The molecule has 0 saturated heterocycles. The Morgan fingerprint density at radius 3 is 2.76 bits per heavy atom. The summed E-state index contributed by atoms with van der Waals surface area (Å²) >= 11 is 0. The minimum Gasteiger partial charge on any atom is -0.347 e. The first-order valence-electron chi connectivity index (χ1n) is 5.34. The first kappa shape index (κ1) is 11.4. The molecule has 0 saturated carbocycles. The van der Waals surface area contributed by atoms with E-state index in [-0.39, 0.29) is 5.91 Å². The van der Waals surface area contributed by atoms with Crippen LogP contribution in [0.1, 0.15) is 16.1 Å². The number of hydrogen-bond acceptors (Lipinski definition) is 3. The third kappa shape index (κ3) is 2.72. The number of amides is 1. The second-order valence-corrected chi connectivity index (χ2v) is 3.83. The summed E-state index contributed by atoms with van der Waals surface area (Å²) in [4.78, 5) is 15.7. The zero-order valence-electron chi connectivity index (χ0n) is 9.84. The zero-order valence-corrected chi connectivity index (χ0v) is 9.84. The first-order valence-corrected chi connectivity index (χ1v) is 5.34. The Bertz CT molecular complexity index is 504. The monoisotopic (exact) mass is 228 g/mol. The molecular weight excluding hydrogens is 215 g/mol. The summed E-state index contributed by atoms with van der Waals surface area (Å²) in [5.74, 6) is -0.162. The SMILES string of the molecule is Bc1cc(C(=O)NCc2ccncc2)nn1C. The molecule has 2 heterocycles. The van der Waals surface area contributed by atoms with Gasteiger partial charge in [0.2, 0.25) is 0 Å². The summed E-state index contributed by atoms with van der Waals surface area (Å²) < 4.78 is 1.68. The Balaban J connectivity index is 1.98. The van der Waals surface area contributed by atoms with Crippen LogP contribution in [-0.4, -0.2) is 28.5 Å². The van der Waals surface area contributed by atoms with E-state index in [1.165, 1.54) is 0 Å². The van der Waals surface area contributed by atoms with E-state index in [0.717, 1.165) is 11.2 Å². The van der Waals surface area contributed by atoms with E-state index < -0.39 is 0 Å². The lowest BCUT2D eigenvalue weighted by molar-refractivity contribution is 0.0945. The molecule has 1 amide bonds. The van der Waals surface area contributed by atoms with Gasteiger partial charge in [0.1, 0.15) is 5.69 Å². The van der Waals surface area contributed by atoms with Gasteiger partial charge in [-0.1, -0.05) is 0 Å². The van der Waals surface area contributed by atoms with Crippen LogP contribution in [-0.2, 0) is 13.6 Å². The van der Waals surface area contributed by atoms with E-state index in [2.05, 4.69) is 15.4 Å². The van der Waals surface area contributed by atoms with Gasteiger partial charge in [0.05, 0.1) is 0 Å². The molecule has 5 nitrogen and oxygen atoms in total. The molecule has 0 unspecified atom stereocenters. The smallest absolute Gasteiger partial charge is 0.272 e. The Kier molecular flexibility index (Phi) is 3.23. The molecule has 17 heavy (non-hydrogen) atoms. The summed E-state index contributed by atoms with van der Waals surface area (Å²) in [5.41, 5.74) is 2.42. The van der Waals surface area contributed by atoms with E-state index in [9.17, 15) is 4.79 Å². The molecule has 0 aliphatic rings. The van der Waals surface area contributed by atoms with Crippen LogP contribution in [0.4, 0.5) is 0 Å². The first-order chi connectivity index (χ1) is 8.16. The molecule has 86 valence electrons. The molecule has 0 aromatic carbocycles. The summed E-state index contributed by atoms with van der Waals surface area (Å²) in [6.45, 7) is 0.483. The van der Waals surface area contributed by atoms with Crippen LogP contribution in [0.25, 0.3) is 0 Å². The van der Waals surface area contributed by atoms with Crippen LogP contribution >= 0.6 is 0 Å². The maximum Gasteiger partial charge on any atom is 0.272 e. The standard InChI is InChI=1S/C11H13BN4O/c1-16-10(12)6-9(15-16)11(17)14-7-8-2-4-13-5-3-8/h2-6H,7,12H2,1H3,(H,14,17). The largest absolute Gasteiger partial charge is 0.347 e. The fourth-order valence-electron chi connectivity index (χ4n) is 1.45. The number of nitrogens with one attached hydrogen (secondary N) is 1. The van der Waals surface area contributed by atoms with E-state index in [0.29, 0.717) is 12.2 Å². The van der Waals surface area contributed by atoms with Gasteiger partial charge in [-0.3, -0.25) is 14.5 Å². The van der Waals surface area contributed by atoms with Crippen molar-refractivity contribution in [2.75, 3.05) is 0 Å². The molecule has 0 aliphatic carbocycles. The molecular formula is C11H13BN4O. The molecule has 0 fully saturated rings. The van der Waals surface area contributed by atoms with Crippen molar-refractivity contribution in [3.63, 3.8) is 0 Å². The number of aryl methyl sites for hydroxylation is 1. The molecule has 1 N–H and O–H groups in total. The Hall–Kier alpha value is -2.11. The Morgan fingerprint density at radius 1 is 1.47 bits per heavy atom. The van der Waals surface area contributed by atoms with Crippen LogP contribution in [0.15, 0.2) is 30.6 Å². The molecule has 0 bridgehead atoms. The summed E-state index contributed by atoms with van der Waals surface area (Å²) in [5, 5.41) is 6.93. The van der Waals surface area contributed by atoms with Gasteiger partial charge in [-0.05, 0) is 29.4 Å². The highest BCUT2D eigenvalue weighted by atomic mass is 16.1. The van der Waals surface area contributed by atoms with Gasteiger partial charge in [0.15, 0.2) is 7.85 Å². The summed E-state index contributed by atoms with van der Waals surface area (Å²) in [7, 11) is 3.72. The van der Waals surface area contributed by atoms with Crippen LogP contribution < -0.4 is 10.9 Å². The highest BCUT2D eigenvalue weighted by Crippen LogP contribution is 1.97. The van der Waals surface area contributed by atoms with E-state index in [1.807, 2.05) is 27.0 Å². The van der Waals surface area contributed by atoms with Crippen LogP contribution in [0, 0.1) is 0 Å². The normalized spacial score (nSPS) is 10.2. The molecule has 0 aliphatic heterocycles.